The largest absolute Gasteiger partial charge is 0.497 e. The maximum atomic E-state index is 11.8. The Bertz CT molecular complexity index is 1030. The lowest BCUT2D eigenvalue weighted by atomic mass is 10.2. The molecule has 0 atom stereocenters. The molecular formula is C17H18N4O5S. The van der Waals surface area contributed by atoms with Gasteiger partial charge in [0.15, 0.2) is 5.82 Å². The van der Waals surface area contributed by atoms with Crippen molar-refractivity contribution in [3.63, 3.8) is 0 Å². The van der Waals surface area contributed by atoms with E-state index in [4.69, 9.17) is 13.7 Å². The second kappa shape index (κ2) is 7.12. The van der Waals surface area contributed by atoms with Crippen molar-refractivity contribution in [2.75, 3.05) is 19.4 Å². The van der Waals surface area contributed by atoms with Gasteiger partial charge >= 0.3 is 0 Å². The fourth-order valence-corrected chi connectivity index (χ4v) is 4.33. The van der Waals surface area contributed by atoms with Gasteiger partial charge in [-0.2, -0.15) is 9.29 Å². The molecule has 2 aromatic heterocycles. The second-order valence-corrected chi connectivity index (χ2v) is 8.25. The summed E-state index contributed by atoms with van der Waals surface area (Å²) in [5.41, 5.74) is 1.48. The standard InChI is InChI=1S/C17H18N4O5S/c1-24-14-5-3-12(4-6-14)17-18-13(11-25-17)9-15-19-16(26-20-15)10-21-7-2-8-27(21,22)23/h3-6,11H,2,7-10H2,1H3. The van der Waals surface area contributed by atoms with E-state index in [1.54, 1.807) is 13.4 Å². The molecule has 3 aromatic rings. The van der Waals surface area contributed by atoms with Crippen LogP contribution in [0.2, 0.25) is 0 Å². The predicted molar refractivity (Wildman–Crippen MR) is 94.4 cm³/mol. The summed E-state index contributed by atoms with van der Waals surface area (Å²) in [6, 6.07) is 7.38. The number of oxazole rings is 1. The normalized spacial score (nSPS) is 16.6. The minimum absolute atomic E-state index is 0.102. The molecule has 0 radical (unpaired) electrons. The molecule has 0 bridgehead atoms. The van der Waals surface area contributed by atoms with E-state index in [-0.39, 0.29) is 18.2 Å². The maximum absolute atomic E-state index is 11.8. The molecule has 0 N–H and O–H groups in total. The fourth-order valence-electron chi connectivity index (χ4n) is 2.86. The first-order valence-corrected chi connectivity index (χ1v) is 10.0. The Morgan fingerprint density at radius 2 is 2.04 bits per heavy atom. The predicted octanol–water partition coefficient (Wildman–Crippen LogP) is 1.86. The van der Waals surface area contributed by atoms with Gasteiger partial charge in [0.05, 0.1) is 31.5 Å². The molecule has 0 amide bonds. The molecule has 4 rings (SSSR count). The van der Waals surface area contributed by atoms with Crippen LogP contribution in [0.4, 0.5) is 0 Å². The molecule has 1 aromatic carbocycles. The molecule has 0 unspecified atom stereocenters. The molecule has 9 nitrogen and oxygen atoms in total. The van der Waals surface area contributed by atoms with E-state index in [9.17, 15) is 8.42 Å². The van der Waals surface area contributed by atoms with Crippen molar-refractivity contribution in [2.45, 2.75) is 19.4 Å². The van der Waals surface area contributed by atoms with Crippen LogP contribution >= 0.6 is 0 Å². The molecule has 0 aliphatic carbocycles. The third-order valence-electron chi connectivity index (χ3n) is 4.25. The van der Waals surface area contributed by atoms with E-state index < -0.39 is 10.0 Å². The highest BCUT2D eigenvalue weighted by Gasteiger charge is 2.29. The number of aromatic nitrogens is 3. The molecule has 142 valence electrons. The monoisotopic (exact) mass is 390 g/mol. The number of ether oxygens (including phenoxy) is 1. The van der Waals surface area contributed by atoms with Crippen molar-refractivity contribution in [3.05, 3.63) is 47.9 Å². The average molecular weight is 390 g/mol. The van der Waals surface area contributed by atoms with E-state index in [2.05, 4.69) is 15.1 Å². The third kappa shape index (κ3) is 3.86. The van der Waals surface area contributed by atoms with Crippen LogP contribution in [0.3, 0.4) is 0 Å². The highest BCUT2D eigenvalue weighted by Crippen LogP contribution is 2.22. The van der Waals surface area contributed by atoms with Gasteiger partial charge in [0.2, 0.25) is 21.8 Å². The van der Waals surface area contributed by atoms with Gasteiger partial charge < -0.3 is 13.7 Å². The van der Waals surface area contributed by atoms with Crippen LogP contribution in [-0.2, 0) is 23.0 Å². The molecule has 1 fully saturated rings. The second-order valence-electron chi connectivity index (χ2n) is 6.16. The molecule has 3 heterocycles. The van der Waals surface area contributed by atoms with E-state index >= 15 is 0 Å². The average Bonchev–Trinajstić information content (AvgIpc) is 3.38. The zero-order valence-electron chi connectivity index (χ0n) is 14.7. The van der Waals surface area contributed by atoms with Gasteiger partial charge in [0, 0.05) is 12.1 Å². The minimum Gasteiger partial charge on any atom is -0.497 e. The lowest BCUT2D eigenvalue weighted by molar-refractivity contribution is 0.324. The van der Waals surface area contributed by atoms with Gasteiger partial charge in [-0.1, -0.05) is 5.16 Å². The first-order valence-electron chi connectivity index (χ1n) is 8.41. The van der Waals surface area contributed by atoms with Crippen LogP contribution in [0.5, 0.6) is 5.75 Å². The van der Waals surface area contributed by atoms with Crippen molar-refractivity contribution in [1.29, 1.82) is 0 Å². The third-order valence-corrected chi connectivity index (χ3v) is 6.16. The number of hydrogen-bond donors (Lipinski definition) is 0. The Morgan fingerprint density at radius 1 is 1.22 bits per heavy atom. The summed E-state index contributed by atoms with van der Waals surface area (Å²) in [5, 5.41) is 3.90. The van der Waals surface area contributed by atoms with Crippen LogP contribution < -0.4 is 4.74 Å². The topological polar surface area (TPSA) is 112 Å². The first kappa shape index (κ1) is 17.7. The fraction of sp³-hybridized carbons (Fsp3) is 0.353. The quantitative estimate of drug-likeness (QED) is 0.627. The van der Waals surface area contributed by atoms with E-state index in [1.165, 1.54) is 4.31 Å². The summed E-state index contributed by atoms with van der Waals surface area (Å²) in [7, 11) is -1.59. The van der Waals surface area contributed by atoms with Gasteiger partial charge in [-0.3, -0.25) is 0 Å². The number of nitrogens with zero attached hydrogens (tertiary/aromatic N) is 4. The summed E-state index contributed by atoms with van der Waals surface area (Å²) in [5.74, 6) is 2.11. The summed E-state index contributed by atoms with van der Waals surface area (Å²) in [6.45, 7) is 0.583. The Hall–Kier alpha value is -2.72. The van der Waals surface area contributed by atoms with E-state index in [0.717, 1.165) is 11.3 Å². The van der Waals surface area contributed by atoms with Gasteiger partial charge in [0.25, 0.3) is 0 Å². The summed E-state index contributed by atoms with van der Waals surface area (Å²) in [6.07, 6.45) is 2.49. The summed E-state index contributed by atoms with van der Waals surface area (Å²) in [4.78, 5) is 8.69. The van der Waals surface area contributed by atoms with E-state index in [1.807, 2.05) is 24.3 Å². The molecule has 27 heavy (non-hydrogen) atoms. The molecule has 10 heteroatoms. The van der Waals surface area contributed by atoms with Crippen LogP contribution in [0, 0.1) is 0 Å². The zero-order chi connectivity index (χ0) is 18.9. The number of sulfonamides is 1. The van der Waals surface area contributed by atoms with Crippen molar-refractivity contribution in [1.82, 2.24) is 19.4 Å². The number of rotatable bonds is 6. The highest BCUT2D eigenvalue weighted by molar-refractivity contribution is 7.89. The van der Waals surface area contributed by atoms with Gasteiger partial charge in [-0.05, 0) is 30.7 Å². The Morgan fingerprint density at radius 3 is 2.74 bits per heavy atom. The number of methoxy groups -OCH3 is 1. The first-order chi connectivity index (χ1) is 13.0. The van der Waals surface area contributed by atoms with Crippen LogP contribution in [0.1, 0.15) is 23.8 Å². The molecule has 1 aliphatic heterocycles. The van der Waals surface area contributed by atoms with Crippen LogP contribution in [-0.4, -0.2) is 47.3 Å². The molecule has 0 saturated carbocycles. The van der Waals surface area contributed by atoms with Gasteiger partial charge in [-0.25, -0.2) is 13.4 Å². The van der Waals surface area contributed by atoms with Crippen molar-refractivity contribution >= 4 is 10.0 Å². The molecule has 0 spiro atoms. The zero-order valence-corrected chi connectivity index (χ0v) is 15.5. The minimum atomic E-state index is -3.20. The van der Waals surface area contributed by atoms with Crippen LogP contribution in [0.15, 0.2) is 39.5 Å². The smallest absolute Gasteiger partial charge is 0.241 e. The maximum Gasteiger partial charge on any atom is 0.241 e. The van der Waals surface area contributed by atoms with Gasteiger partial charge in [-0.15, -0.1) is 0 Å². The van der Waals surface area contributed by atoms with Crippen molar-refractivity contribution in [2.24, 2.45) is 0 Å². The van der Waals surface area contributed by atoms with Crippen molar-refractivity contribution in [3.8, 4) is 17.2 Å². The molecule has 1 aliphatic rings. The van der Waals surface area contributed by atoms with Crippen molar-refractivity contribution < 1.29 is 22.1 Å². The highest BCUT2D eigenvalue weighted by atomic mass is 32.2. The summed E-state index contributed by atoms with van der Waals surface area (Å²) >= 11 is 0. The number of benzene rings is 1. The lowest BCUT2D eigenvalue weighted by Crippen LogP contribution is -2.25. The van der Waals surface area contributed by atoms with Gasteiger partial charge in [0.1, 0.15) is 12.0 Å². The van der Waals surface area contributed by atoms with E-state index in [0.29, 0.717) is 36.8 Å². The Balaban J connectivity index is 1.43. The molecule has 1 saturated heterocycles. The Kier molecular flexibility index (Phi) is 4.66. The number of hydrogen-bond acceptors (Lipinski definition) is 8. The molecular weight excluding hydrogens is 372 g/mol. The van der Waals surface area contributed by atoms with Crippen LogP contribution in [0.25, 0.3) is 11.5 Å². The summed E-state index contributed by atoms with van der Waals surface area (Å²) < 4.78 is 40.9. The lowest BCUT2D eigenvalue weighted by Gasteiger charge is -2.10. The Labute approximate surface area is 156 Å². The SMILES string of the molecule is COc1ccc(-c2nc(Cc3noc(CN4CCCS4(=O)=O)n3)co2)cc1.